The summed E-state index contributed by atoms with van der Waals surface area (Å²) in [5.74, 6) is 0. The van der Waals surface area contributed by atoms with Crippen LogP contribution < -0.4 is 5.32 Å². The monoisotopic (exact) mass is 252 g/mol. The van der Waals surface area contributed by atoms with Gasteiger partial charge in [-0.2, -0.15) is 0 Å². The molecule has 3 heteroatoms. The molecule has 0 saturated heterocycles. The van der Waals surface area contributed by atoms with E-state index in [-0.39, 0.29) is 0 Å². The molecule has 1 heterocycles. The van der Waals surface area contributed by atoms with E-state index in [4.69, 9.17) is 0 Å². The van der Waals surface area contributed by atoms with Gasteiger partial charge in [-0.05, 0) is 31.5 Å². The zero-order valence-corrected chi connectivity index (χ0v) is 12.2. The number of pyridine rings is 1. The van der Waals surface area contributed by atoms with Crippen molar-refractivity contribution in [2.75, 3.05) is 6.54 Å². The zero-order chi connectivity index (χ0) is 12.7. The highest BCUT2D eigenvalue weighted by atomic mass is 32.2. The van der Waals surface area contributed by atoms with Crippen molar-refractivity contribution >= 4 is 11.8 Å². The van der Waals surface area contributed by atoms with Gasteiger partial charge in [0.1, 0.15) is 0 Å². The molecule has 2 nitrogen and oxygen atoms in total. The average Bonchev–Trinajstić information content (AvgIpc) is 2.31. The summed E-state index contributed by atoms with van der Waals surface area (Å²) >= 11 is 1.86. The number of hydrogen-bond acceptors (Lipinski definition) is 3. The molecule has 0 aliphatic rings. The number of rotatable bonds is 7. The van der Waals surface area contributed by atoms with E-state index in [1.165, 1.54) is 4.90 Å². The van der Waals surface area contributed by atoms with Crippen molar-refractivity contribution < 1.29 is 0 Å². The molecule has 0 bridgehead atoms. The molecule has 1 atom stereocenters. The van der Waals surface area contributed by atoms with E-state index in [1.54, 1.807) is 0 Å². The first-order valence-electron chi connectivity index (χ1n) is 6.53. The van der Waals surface area contributed by atoms with Crippen molar-refractivity contribution in [3.63, 3.8) is 0 Å². The fourth-order valence-electron chi connectivity index (χ4n) is 1.72. The van der Waals surface area contributed by atoms with Crippen molar-refractivity contribution in [3.05, 3.63) is 24.0 Å². The summed E-state index contributed by atoms with van der Waals surface area (Å²) in [6, 6.07) is 4.73. The van der Waals surface area contributed by atoms with Crippen LogP contribution in [0.4, 0.5) is 0 Å². The molecule has 0 saturated carbocycles. The predicted octanol–water partition coefficient (Wildman–Crippen LogP) is 4.03. The number of hydrogen-bond donors (Lipinski definition) is 1. The van der Waals surface area contributed by atoms with Crippen molar-refractivity contribution in [2.24, 2.45) is 0 Å². The lowest BCUT2D eigenvalue weighted by Crippen LogP contribution is -2.22. The van der Waals surface area contributed by atoms with Gasteiger partial charge in [0, 0.05) is 22.4 Å². The van der Waals surface area contributed by atoms with E-state index in [0.29, 0.717) is 11.3 Å². The van der Waals surface area contributed by atoms with Crippen molar-refractivity contribution in [1.82, 2.24) is 10.3 Å². The Balaban J connectivity index is 2.64. The highest BCUT2D eigenvalue weighted by Gasteiger charge is 2.09. The van der Waals surface area contributed by atoms with E-state index in [2.05, 4.69) is 50.1 Å². The molecular formula is C14H24N2S. The lowest BCUT2D eigenvalue weighted by Gasteiger charge is -2.16. The van der Waals surface area contributed by atoms with Crippen molar-refractivity contribution in [1.29, 1.82) is 0 Å². The Morgan fingerprint density at radius 1 is 1.29 bits per heavy atom. The molecular weight excluding hydrogens is 228 g/mol. The topological polar surface area (TPSA) is 24.9 Å². The van der Waals surface area contributed by atoms with Crippen molar-refractivity contribution in [2.45, 2.75) is 56.7 Å². The van der Waals surface area contributed by atoms with Gasteiger partial charge in [-0.3, -0.25) is 4.98 Å². The predicted molar refractivity (Wildman–Crippen MR) is 76.6 cm³/mol. The molecule has 0 fully saturated rings. The molecule has 0 spiro atoms. The van der Waals surface area contributed by atoms with Gasteiger partial charge in [0.2, 0.25) is 0 Å². The Labute approximate surface area is 110 Å². The number of aromatic nitrogens is 1. The number of nitrogens with one attached hydrogen (secondary N) is 1. The molecule has 96 valence electrons. The third-order valence-corrected chi connectivity index (χ3v) is 3.52. The van der Waals surface area contributed by atoms with Gasteiger partial charge in [0.05, 0.1) is 5.69 Å². The number of nitrogens with zero attached hydrogens (tertiary/aromatic N) is 1. The molecule has 0 amide bonds. The summed E-state index contributed by atoms with van der Waals surface area (Å²) in [7, 11) is 0. The zero-order valence-electron chi connectivity index (χ0n) is 11.4. The van der Waals surface area contributed by atoms with Gasteiger partial charge in [-0.15, -0.1) is 11.8 Å². The lowest BCUT2D eigenvalue weighted by atomic mass is 10.1. The quantitative estimate of drug-likeness (QED) is 0.742. The summed E-state index contributed by atoms with van der Waals surface area (Å²) in [6.07, 6.45) is 4.25. The van der Waals surface area contributed by atoms with E-state index in [9.17, 15) is 0 Å². The van der Waals surface area contributed by atoms with Crippen LogP contribution in [0, 0.1) is 0 Å². The minimum Gasteiger partial charge on any atom is -0.309 e. The molecule has 1 aromatic heterocycles. The van der Waals surface area contributed by atoms with Gasteiger partial charge in [0.15, 0.2) is 0 Å². The first-order chi connectivity index (χ1) is 8.17. The van der Waals surface area contributed by atoms with Crippen LogP contribution in [0.3, 0.4) is 0 Å². The second kappa shape index (κ2) is 7.72. The van der Waals surface area contributed by atoms with Gasteiger partial charge < -0.3 is 5.32 Å². The third kappa shape index (κ3) is 5.09. The molecule has 0 aromatic carbocycles. The third-order valence-electron chi connectivity index (χ3n) is 2.54. The van der Waals surface area contributed by atoms with E-state index in [1.807, 2.05) is 18.0 Å². The first kappa shape index (κ1) is 14.5. The van der Waals surface area contributed by atoms with Crippen LogP contribution in [-0.2, 0) is 0 Å². The Morgan fingerprint density at radius 2 is 2.06 bits per heavy atom. The maximum Gasteiger partial charge on any atom is 0.0573 e. The molecule has 17 heavy (non-hydrogen) atoms. The summed E-state index contributed by atoms with van der Waals surface area (Å²) in [5.41, 5.74) is 1.16. The normalized spacial score (nSPS) is 13.0. The van der Waals surface area contributed by atoms with E-state index >= 15 is 0 Å². The number of thioether (sulfide) groups is 1. The van der Waals surface area contributed by atoms with E-state index < -0.39 is 0 Å². The van der Waals surface area contributed by atoms with Crippen molar-refractivity contribution in [3.8, 4) is 0 Å². The summed E-state index contributed by atoms with van der Waals surface area (Å²) in [4.78, 5) is 5.83. The van der Waals surface area contributed by atoms with E-state index in [0.717, 1.165) is 25.1 Å². The Hall–Kier alpha value is -0.540. The summed E-state index contributed by atoms with van der Waals surface area (Å²) in [5, 5.41) is 4.14. The first-order valence-corrected chi connectivity index (χ1v) is 7.41. The van der Waals surface area contributed by atoms with Gasteiger partial charge >= 0.3 is 0 Å². The second-order valence-electron chi connectivity index (χ2n) is 4.50. The molecule has 1 rings (SSSR count). The molecule has 0 aliphatic carbocycles. The van der Waals surface area contributed by atoms with Crippen LogP contribution in [0.1, 0.15) is 52.3 Å². The minimum atomic E-state index is 0.396. The Morgan fingerprint density at radius 3 is 2.53 bits per heavy atom. The summed E-state index contributed by atoms with van der Waals surface area (Å²) in [6.45, 7) is 9.86. The summed E-state index contributed by atoms with van der Waals surface area (Å²) < 4.78 is 0. The maximum absolute atomic E-state index is 4.57. The molecule has 1 unspecified atom stereocenters. The molecule has 0 aliphatic heterocycles. The maximum atomic E-state index is 4.57. The Bertz CT molecular complexity index is 309. The smallest absolute Gasteiger partial charge is 0.0573 e. The van der Waals surface area contributed by atoms with Crippen LogP contribution >= 0.6 is 11.8 Å². The largest absolute Gasteiger partial charge is 0.309 e. The van der Waals surface area contributed by atoms with Crippen LogP contribution in [0.5, 0.6) is 0 Å². The Kier molecular flexibility index (Phi) is 6.60. The highest BCUT2D eigenvalue weighted by molar-refractivity contribution is 7.99. The molecule has 1 aromatic rings. The van der Waals surface area contributed by atoms with Crippen LogP contribution in [-0.4, -0.2) is 16.8 Å². The SMILES string of the molecule is CCCNC(CC)c1ccc(SC(C)C)cn1. The van der Waals surface area contributed by atoms with Crippen LogP contribution in [0.15, 0.2) is 23.2 Å². The fraction of sp³-hybridized carbons (Fsp3) is 0.643. The van der Waals surface area contributed by atoms with Gasteiger partial charge in [0.25, 0.3) is 0 Å². The second-order valence-corrected chi connectivity index (χ2v) is 6.15. The minimum absolute atomic E-state index is 0.396. The van der Waals surface area contributed by atoms with Crippen LogP contribution in [0.2, 0.25) is 0 Å². The standard InChI is InChI=1S/C14H24N2S/c1-5-9-15-13(6-2)14-8-7-12(10-16-14)17-11(3)4/h7-8,10-11,13,15H,5-6,9H2,1-4H3. The van der Waals surface area contributed by atoms with Gasteiger partial charge in [-0.25, -0.2) is 0 Å². The molecule has 0 radical (unpaired) electrons. The van der Waals surface area contributed by atoms with Gasteiger partial charge in [-0.1, -0.05) is 27.7 Å². The lowest BCUT2D eigenvalue weighted by molar-refractivity contribution is 0.507. The fourth-order valence-corrected chi connectivity index (χ4v) is 2.52. The average molecular weight is 252 g/mol. The highest BCUT2D eigenvalue weighted by Crippen LogP contribution is 2.23. The molecule has 1 N–H and O–H groups in total. The van der Waals surface area contributed by atoms with Crippen LogP contribution in [0.25, 0.3) is 0 Å².